The number of thiophene rings is 1. The summed E-state index contributed by atoms with van der Waals surface area (Å²) in [5.41, 5.74) is 2.27. The largest absolute Gasteiger partial charge is 0.386 e. The molecule has 8 heteroatoms. The van der Waals surface area contributed by atoms with Crippen LogP contribution in [0, 0.1) is 0 Å². The molecule has 0 amide bonds. The van der Waals surface area contributed by atoms with E-state index in [0.29, 0.717) is 36.6 Å². The summed E-state index contributed by atoms with van der Waals surface area (Å²) in [5, 5.41) is 16.6. The Morgan fingerprint density at radius 2 is 1.85 bits per heavy atom. The molecule has 1 aromatic heterocycles. The number of rotatable bonds is 9. The zero-order valence-electron chi connectivity index (χ0n) is 15.6. The fourth-order valence-electron chi connectivity index (χ4n) is 2.27. The Labute approximate surface area is 187 Å². The smallest absolute Gasteiger partial charge is 0.191 e. The lowest BCUT2D eigenvalue weighted by atomic mass is 10.1. The maximum absolute atomic E-state index is 10.2. The predicted octanol–water partition coefficient (Wildman–Crippen LogP) is 4.34. The molecule has 0 aliphatic carbocycles. The summed E-state index contributed by atoms with van der Waals surface area (Å²) in [6.07, 6.45) is -0.616. The zero-order chi connectivity index (χ0) is 18.8. The van der Waals surface area contributed by atoms with Crippen LogP contribution in [0.5, 0.6) is 0 Å². The van der Waals surface area contributed by atoms with Crippen LogP contribution in [0.4, 0.5) is 0 Å². The molecule has 2 rings (SSSR count). The van der Waals surface area contributed by atoms with Crippen LogP contribution < -0.4 is 10.6 Å². The Morgan fingerprint density at radius 1 is 1.15 bits per heavy atom. The van der Waals surface area contributed by atoms with Gasteiger partial charge in [-0.05, 0) is 37.1 Å². The Bertz CT molecular complexity index is 695. The molecule has 1 atom stereocenters. The average molecular weight is 524 g/mol. The van der Waals surface area contributed by atoms with Crippen molar-refractivity contribution in [2.45, 2.75) is 33.1 Å². The number of halogens is 2. The highest BCUT2D eigenvalue weighted by molar-refractivity contribution is 14.0. The van der Waals surface area contributed by atoms with Crippen LogP contribution >= 0.6 is 46.9 Å². The van der Waals surface area contributed by atoms with Gasteiger partial charge >= 0.3 is 0 Å². The van der Waals surface area contributed by atoms with Crippen molar-refractivity contribution in [2.24, 2.45) is 4.99 Å². The van der Waals surface area contributed by atoms with E-state index < -0.39 is 6.10 Å². The van der Waals surface area contributed by atoms with Crippen molar-refractivity contribution < 1.29 is 9.84 Å². The van der Waals surface area contributed by atoms with E-state index in [4.69, 9.17) is 16.3 Å². The standard InChI is InChI=1S/C19H26ClN3O2S.HI/c1-3-21-19(23-12-16(24)17-9-10-18(20)26-17)22-11-14-5-7-15(8-6-14)13-25-4-2;/h5-10,16,24H,3-4,11-13H2,1-2H3,(H2,21,22,23);1H. The van der Waals surface area contributed by atoms with Gasteiger partial charge in [-0.3, -0.25) is 0 Å². The molecule has 3 N–H and O–H groups in total. The monoisotopic (exact) mass is 523 g/mol. The van der Waals surface area contributed by atoms with Gasteiger partial charge in [0.25, 0.3) is 0 Å². The lowest BCUT2D eigenvalue weighted by molar-refractivity contribution is 0.134. The second kappa shape index (κ2) is 13.3. The number of guanidine groups is 1. The fourth-order valence-corrected chi connectivity index (χ4v) is 3.32. The molecule has 0 saturated carbocycles. The highest BCUT2D eigenvalue weighted by Crippen LogP contribution is 2.26. The topological polar surface area (TPSA) is 65.9 Å². The Kier molecular flexibility index (Phi) is 11.9. The van der Waals surface area contributed by atoms with Crippen LogP contribution in [0.15, 0.2) is 41.4 Å². The summed E-state index contributed by atoms with van der Waals surface area (Å²) < 4.78 is 6.08. The van der Waals surface area contributed by atoms with Crippen molar-refractivity contribution in [3.05, 3.63) is 56.7 Å². The molecule has 27 heavy (non-hydrogen) atoms. The summed E-state index contributed by atoms with van der Waals surface area (Å²) in [6.45, 7) is 7.03. The quantitative estimate of drug-likeness (QED) is 0.260. The summed E-state index contributed by atoms with van der Waals surface area (Å²) in [7, 11) is 0. The number of aliphatic hydroxyl groups excluding tert-OH is 1. The molecule has 2 aromatic rings. The molecular formula is C19H27ClIN3O2S. The Hall–Kier alpha value is -0.870. The number of nitrogens with zero attached hydrogens (tertiary/aromatic N) is 1. The third kappa shape index (κ3) is 8.78. The van der Waals surface area contributed by atoms with Crippen LogP contribution in [0.3, 0.4) is 0 Å². The van der Waals surface area contributed by atoms with Crippen molar-refractivity contribution in [2.75, 3.05) is 19.7 Å². The summed E-state index contributed by atoms with van der Waals surface area (Å²) in [5.74, 6) is 0.674. The van der Waals surface area contributed by atoms with Gasteiger partial charge in [-0.1, -0.05) is 35.9 Å². The Morgan fingerprint density at radius 3 is 2.44 bits per heavy atom. The van der Waals surface area contributed by atoms with Crippen LogP contribution in [-0.2, 0) is 17.9 Å². The average Bonchev–Trinajstić information content (AvgIpc) is 3.09. The molecule has 0 bridgehead atoms. The third-order valence-electron chi connectivity index (χ3n) is 3.65. The molecule has 5 nitrogen and oxygen atoms in total. The molecule has 0 aliphatic heterocycles. The first-order chi connectivity index (χ1) is 12.6. The van der Waals surface area contributed by atoms with Gasteiger partial charge < -0.3 is 20.5 Å². The zero-order valence-corrected chi connectivity index (χ0v) is 19.5. The number of hydrogen-bond acceptors (Lipinski definition) is 4. The van der Waals surface area contributed by atoms with E-state index in [1.165, 1.54) is 11.3 Å². The first-order valence-corrected chi connectivity index (χ1v) is 9.92. The fraction of sp³-hybridized carbons (Fsp3) is 0.421. The number of aliphatic imine (C=N–C) groups is 1. The van der Waals surface area contributed by atoms with Gasteiger partial charge in [0.05, 0.1) is 17.5 Å². The van der Waals surface area contributed by atoms with E-state index in [1.807, 2.05) is 19.9 Å². The van der Waals surface area contributed by atoms with Crippen LogP contribution in [0.25, 0.3) is 0 Å². The summed E-state index contributed by atoms with van der Waals surface area (Å²) in [6, 6.07) is 11.9. The van der Waals surface area contributed by atoms with E-state index in [0.717, 1.165) is 22.5 Å². The normalized spacial score (nSPS) is 12.4. The molecule has 0 spiro atoms. The second-order valence-electron chi connectivity index (χ2n) is 5.69. The number of benzene rings is 1. The van der Waals surface area contributed by atoms with Gasteiger partial charge in [0.15, 0.2) is 5.96 Å². The molecule has 0 radical (unpaired) electrons. The van der Waals surface area contributed by atoms with Gasteiger partial charge in [0.1, 0.15) is 6.10 Å². The van der Waals surface area contributed by atoms with Crippen molar-refractivity contribution in [1.29, 1.82) is 0 Å². The first kappa shape index (κ1) is 24.2. The summed E-state index contributed by atoms with van der Waals surface area (Å²) in [4.78, 5) is 5.41. The van der Waals surface area contributed by atoms with Crippen molar-refractivity contribution >= 4 is 52.9 Å². The second-order valence-corrected chi connectivity index (χ2v) is 7.43. The third-order valence-corrected chi connectivity index (χ3v) is 4.98. The molecular weight excluding hydrogens is 497 g/mol. The van der Waals surface area contributed by atoms with E-state index in [9.17, 15) is 5.11 Å². The first-order valence-electron chi connectivity index (χ1n) is 8.73. The molecule has 0 aliphatic rings. The lowest BCUT2D eigenvalue weighted by Crippen LogP contribution is -2.39. The molecule has 0 fully saturated rings. The minimum atomic E-state index is -0.616. The van der Waals surface area contributed by atoms with Gasteiger partial charge in [-0.15, -0.1) is 35.3 Å². The van der Waals surface area contributed by atoms with Crippen molar-refractivity contribution in [3.63, 3.8) is 0 Å². The van der Waals surface area contributed by atoms with Gasteiger partial charge in [0.2, 0.25) is 0 Å². The van der Waals surface area contributed by atoms with Gasteiger partial charge in [-0.2, -0.15) is 0 Å². The lowest BCUT2D eigenvalue weighted by Gasteiger charge is -2.14. The number of ether oxygens (including phenoxy) is 1. The number of aliphatic hydroxyl groups is 1. The van der Waals surface area contributed by atoms with Gasteiger partial charge in [0, 0.05) is 24.6 Å². The highest BCUT2D eigenvalue weighted by atomic mass is 127. The van der Waals surface area contributed by atoms with Crippen LogP contribution in [0.1, 0.15) is 36.0 Å². The van der Waals surface area contributed by atoms with Crippen LogP contribution in [-0.4, -0.2) is 30.8 Å². The number of hydrogen-bond donors (Lipinski definition) is 3. The molecule has 1 heterocycles. The molecule has 1 aromatic carbocycles. The molecule has 1 unspecified atom stereocenters. The van der Waals surface area contributed by atoms with E-state index in [1.54, 1.807) is 6.07 Å². The highest BCUT2D eigenvalue weighted by Gasteiger charge is 2.11. The van der Waals surface area contributed by atoms with Crippen molar-refractivity contribution in [3.8, 4) is 0 Å². The van der Waals surface area contributed by atoms with Crippen molar-refractivity contribution in [1.82, 2.24) is 10.6 Å². The summed E-state index contributed by atoms with van der Waals surface area (Å²) >= 11 is 7.30. The van der Waals surface area contributed by atoms with E-state index in [2.05, 4.69) is 39.9 Å². The Balaban J connectivity index is 0.00000364. The van der Waals surface area contributed by atoms with E-state index >= 15 is 0 Å². The molecule has 0 saturated heterocycles. The van der Waals surface area contributed by atoms with Gasteiger partial charge in [-0.25, -0.2) is 4.99 Å². The number of nitrogens with one attached hydrogen (secondary N) is 2. The minimum absolute atomic E-state index is 0. The predicted molar refractivity (Wildman–Crippen MR) is 124 cm³/mol. The maximum Gasteiger partial charge on any atom is 0.191 e. The maximum atomic E-state index is 10.2. The molecule has 150 valence electrons. The SMILES string of the molecule is CCNC(=NCc1ccc(COCC)cc1)NCC(O)c1ccc(Cl)s1.I. The minimum Gasteiger partial charge on any atom is -0.386 e. The van der Waals surface area contributed by atoms with E-state index in [-0.39, 0.29) is 24.0 Å². The van der Waals surface area contributed by atoms with Crippen LogP contribution in [0.2, 0.25) is 4.34 Å².